The van der Waals surface area contributed by atoms with Gasteiger partial charge in [-0.05, 0) is 13.8 Å². The maximum absolute atomic E-state index is 10.2. The number of carbonyl (C=O) groups excluding carboxylic acids is 1. The summed E-state index contributed by atoms with van der Waals surface area (Å²) in [5.74, 6) is -0.403. The molecule has 3 nitrogen and oxygen atoms in total. The van der Waals surface area contributed by atoms with E-state index in [2.05, 4.69) is 0 Å². The van der Waals surface area contributed by atoms with Gasteiger partial charge in [0, 0.05) is 0 Å². The molecule has 0 aliphatic rings. The van der Waals surface area contributed by atoms with Crippen LogP contribution in [-0.2, 0) is 4.79 Å². The van der Waals surface area contributed by atoms with Crippen LogP contribution in [0.1, 0.15) is 13.8 Å². The summed E-state index contributed by atoms with van der Waals surface area (Å²) in [6.07, 6.45) is -2.16. The molecular formula is C5H10O3. The third-order valence-corrected chi connectivity index (χ3v) is 0.873. The Morgan fingerprint density at radius 1 is 1.50 bits per heavy atom. The Bertz CT molecular complexity index is 87.7. The molecule has 0 heterocycles. The Morgan fingerprint density at radius 2 is 1.88 bits per heavy atom. The molecule has 0 saturated carbocycles. The number of aliphatic hydroxyl groups is 2. The first kappa shape index (κ1) is 7.59. The molecule has 0 rings (SSSR count). The third-order valence-electron chi connectivity index (χ3n) is 0.873. The second kappa shape index (κ2) is 2.79. The quantitative estimate of drug-likeness (QED) is 0.505. The lowest BCUT2D eigenvalue weighted by atomic mass is 10.2. The summed E-state index contributed by atoms with van der Waals surface area (Å²) >= 11 is 0. The van der Waals surface area contributed by atoms with Gasteiger partial charge in [-0.3, -0.25) is 4.79 Å². The number of hydrogen-bond donors (Lipinski definition) is 2. The van der Waals surface area contributed by atoms with Gasteiger partial charge in [0.15, 0.2) is 5.78 Å². The molecule has 0 spiro atoms. The van der Waals surface area contributed by atoms with Gasteiger partial charge < -0.3 is 10.2 Å². The minimum absolute atomic E-state index is 0.403. The van der Waals surface area contributed by atoms with E-state index in [1.807, 2.05) is 0 Å². The molecule has 8 heavy (non-hydrogen) atoms. The van der Waals surface area contributed by atoms with E-state index in [0.717, 1.165) is 0 Å². The second-order valence-electron chi connectivity index (χ2n) is 1.80. The maximum Gasteiger partial charge on any atom is 0.160 e. The molecular weight excluding hydrogens is 108 g/mol. The topological polar surface area (TPSA) is 57.5 Å². The number of rotatable bonds is 2. The van der Waals surface area contributed by atoms with Gasteiger partial charge in [0.25, 0.3) is 0 Å². The number of carbonyl (C=O) groups is 1. The van der Waals surface area contributed by atoms with E-state index in [9.17, 15) is 4.79 Å². The molecule has 0 aliphatic carbocycles. The Morgan fingerprint density at radius 3 is 1.88 bits per heavy atom. The van der Waals surface area contributed by atoms with Gasteiger partial charge in [0.2, 0.25) is 0 Å². The summed E-state index contributed by atoms with van der Waals surface area (Å²) < 4.78 is 0. The fourth-order valence-corrected chi connectivity index (χ4v) is 0.340. The Kier molecular flexibility index (Phi) is 2.65. The van der Waals surface area contributed by atoms with Crippen LogP contribution < -0.4 is 0 Å². The van der Waals surface area contributed by atoms with E-state index < -0.39 is 18.0 Å². The molecule has 0 fully saturated rings. The van der Waals surface area contributed by atoms with Crippen LogP contribution in [0.25, 0.3) is 0 Å². The zero-order valence-electron chi connectivity index (χ0n) is 4.96. The second-order valence-corrected chi connectivity index (χ2v) is 1.80. The van der Waals surface area contributed by atoms with Gasteiger partial charge in [-0.2, -0.15) is 0 Å². The van der Waals surface area contributed by atoms with Gasteiger partial charge in [0.1, 0.15) is 6.10 Å². The lowest BCUT2D eigenvalue weighted by molar-refractivity contribution is -0.129. The number of aliphatic hydroxyl groups excluding tert-OH is 2. The zero-order chi connectivity index (χ0) is 6.73. The molecule has 0 saturated heterocycles. The first-order chi connectivity index (χ1) is 3.55. The Balaban J connectivity index is 3.64. The summed E-state index contributed by atoms with van der Waals surface area (Å²) in [7, 11) is 0. The predicted molar refractivity (Wildman–Crippen MR) is 28.4 cm³/mol. The molecule has 0 aromatic heterocycles. The van der Waals surface area contributed by atoms with E-state index in [1.165, 1.54) is 13.8 Å². The van der Waals surface area contributed by atoms with Crippen molar-refractivity contribution in [2.24, 2.45) is 0 Å². The molecule has 0 bridgehead atoms. The lowest BCUT2D eigenvalue weighted by Gasteiger charge is -2.07. The number of hydrogen-bond acceptors (Lipinski definition) is 3. The average Bonchev–Trinajstić information content (AvgIpc) is 1.64. The predicted octanol–water partition coefficient (Wildman–Crippen LogP) is -0.683. The van der Waals surface area contributed by atoms with Gasteiger partial charge in [-0.1, -0.05) is 0 Å². The molecule has 0 radical (unpaired) electrons. The SMILES string of the molecule is CC(=O)[C@@H](O)[C@@H](C)O. The fraction of sp³-hybridized carbons (Fsp3) is 0.800. The molecule has 2 N–H and O–H groups in total. The van der Waals surface area contributed by atoms with Crippen LogP contribution in [0.4, 0.5) is 0 Å². The summed E-state index contributed by atoms with van der Waals surface area (Å²) in [6, 6.07) is 0. The van der Waals surface area contributed by atoms with Crippen LogP contribution in [0, 0.1) is 0 Å². The summed E-state index contributed by atoms with van der Waals surface area (Å²) in [4.78, 5) is 10.2. The van der Waals surface area contributed by atoms with Gasteiger partial charge in [-0.15, -0.1) is 0 Å². The first-order valence-electron chi connectivity index (χ1n) is 2.42. The van der Waals surface area contributed by atoms with Gasteiger partial charge in [0.05, 0.1) is 6.10 Å². The highest BCUT2D eigenvalue weighted by Crippen LogP contribution is 1.91. The van der Waals surface area contributed by atoms with Crippen LogP contribution >= 0.6 is 0 Å². The number of ketones is 1. The van der Waals surface area contributed by atoms with Crippen molar-refractivity contribution in [3.63, 3.8) is 0 Å². The smallest absolute Gasteiger partial charge is 0.160 e. The van der Waals surface area contributed by atoms with E-state index in [0.29, 0.717) is 0 Å². The van der Waals surface area contributed by atoms with Crippen LogP contribution in [0.15, 0.2) is 0 Å². The highest BCUT2D eigenvalue weighted by atomic mass is 16.3. The van der Waals surface area contributed by atoms with Crippen molar-refractivity contribution in [1.29, 1.82) is 0 Å². The molecule has 48 valence electrons. The number of Topliss-reactive ketones (excluding diaryl/α,β-unsaturated/α-hetero) is 1. The van der Waals surface area contributed by atoms with Crippen LogP contribution in [-0.4, -0.2) is 28.2 Å². The highest BCUT2D eigenvalue weighted by Gasteiger charge is 2.14. The minimum Gasteiger partial charge on any atom is -0.390 e. The van der Waals surface area contributed by atoms with Crippen molar-refractivity contribution in [1.82, 2.24) is 0 Å². The van der Waals surface area contributed by atoms with Crippen LogP contribution in [0.3, 0.4) is 0 Å². The molecule has 2 atom stereocenters. The average molecular weight is 118 g/mol. The molecule has 0 aliphatic heterocycles. The molecule has 0 unspecified atom stereocenters. The van der Waals surface area contributed by atoms with Crippen molar-refractivity contribution >= 4 is 5.78 Å². The van der Waals surface area contributed by atoms with E-state index >= 15 is 0 Å². The normalized spacial score (nSPS) is 17.5. The summed E-state index contributed by atoms with van der Waals surface area (Å²) in [5.41, 5.74) is 0. The summed E-state index contributed by atoms with van der Waals surface area (Å²) in [5, 5.41) is 17.1. The highest BCUT2D eigenvalue weighted by molar-refractivity contribution is 5.80. The lowest BCUT2D eigenvalue weighted by Crippen LogP contribution is -2.29. The van der Waals surface area contributed by atoms with Crippen molar-refractivity contribution in [2.75, 3.05) is 0 Å². The largest absolute Gasteiger partial charge is 0.390 e. The van der Waals surface area contributed by atoms with Crippen LogP contribution in [0.2, 0.25) is 0 Å². The molecule has 0 amide bonds. The Labute approximate surface area is 47.9 Å². The Hall–Kier alpha value is -0.410. The third kappa shape index (κ3) is 2.04. The summed E-state index contributed by atoms with van der Waals surface area (Å²) in [6.45, 7) is 2.60. The zero-order valence-corrected chi connectivity index (χ0v) is 4.96. The van der Waals surface area contributed by atoms with E-state index in [-0.39, 0.29) is 0 Å². The van der Waals surface area contributed by atoms with Gasteiger partial charge in [-0.25, -0.2) is 0 Å². The van der Waals surface area contributed by atoms with Gasteiger partial charge >= 0.3 is 0 Å². The molecule has 0 aromatic rings. The first-order valence-corrected chi connectivity index (χ1v) is 2.42. The van der Waals surface area contributed by atoms with Crippen LogP contribution in [0.5, 0.6) is 0 Å². The van der Waals surface area contributed by atoms with Crippen molar-refractivity contribution in [2.45, 2.75) is 26.1 Å². The standard InChI is InChI=1S/C5H10O3/c1-3(6)5(8)4(2)7/h3,5-6,8H,1-2H3/t3-,5+/m1/s1. The van der Waals surface area contributed by atoms with Crippen molar-refractivity contribution < 1.29 is 15.0 Å². The maximum atomic E-state index is 10.2. The fourth-order valence-electron chi connectivity index (χ4n) is 0.340. The van der Waals surface area contributed by atoms with E-state index in [4.69, 9.17) is 10.2 Å². The monoisotopic (exact) mass is 118 g/mol. The van der Waals surface area contributed by atoms with Crippen molar-refractivity contribution in [3.05, 3.63) is 0 Å². The molecule has 0 aromatic carbocycles. The van der Waals surface area contributed by atoms with Crippen molar-refractivity contribution in [3.8, 4) is 0 Å². The minimum atomic E-state index is -1.21. The molecule has 3 heteroatoms. The van der Waals surface area contributed by atoms with E-state index in [1.54, 1.807) is 0 Å².